The second-order valence-electron chi connectivity index (χ2n) is 5.18. The molecule has 0 bridgehead atoms. The van der Waals surface area contributed by atoms with Gasteiger partial charge in [-0.05, 0) is 11.1 Å². The minimum atomic E-state index is -0.329. The lowest BCUT2D eigenvalue weighted by molar-refractivity contribution is -0.122. The van der Waals surface area contributed by atoms with Gasteiger partial charge in [-0.3, -0.25) is 9.59 Å². The number of hydrogen-bond donors (Lipinski definition) is 2. The van der Waals surface area contributed by atoms with Crippen LogP contribution in [0.2, 0.25) is 0 Å². The van der Waals surface area contributed by atoms with Gasteiger partial charge in [0.1, 0.15) is 0 Å². The molecular formula is C18H20N2O2. The van der Waals surface area contributed by atoms with Gasteiger partial charge in [-0.25, -0.2) is 0 Å². The molecule has 0 heterocycles. The summed E-state index contributed by atoms with van der Waals surface area (Å²) < 4.78 is 0. The molecule has 2 rings (SSSR count). The Morgan fingerprint density at radius 3 is 1.27 bits per heavy atom. The fourth-order valence-electron chi connectivity index (χ4n) is 2.48. The van der Waals surface area contributed by atoms with Gasteiger partial charge < -0.3 is 10.6 Å². The number of amides is 2. The standard InChI is InChI=1S/C18H20N2O2/c1-13(21)19-17(15-9-5-3-6-10-15)18(20-14(2)22)16-11-7-4-8-12-16/h3-12,17-18H,1-2H3,(H,19,21)(H,20,22)/t17-,18-/m0/s1. The van der Waals surface area contributed by atoms with E-state index < -0.39 is 0 Å². The van der Waals surface area contributed by atoms with E-state index in [4.69, 9.17) is 0 Å². The molecule has 0 fully saturated rings. The Bertz CT molecular complexity index is 569. The molecule has 0 aromatic heterocycles. The maximum absolute atomic E-state index is 11.6. The first-order valence-corrected chi connectivity index (χ1v) is 7.22. The number of carbonyl (C=O) groups excluding carboxylic acids is 2. The van der Waals surface area contributed by atoms with Gasteiger partial charge in [-0.2, -0.15) is 0 Å². The maximum atomic E-state index is 11.6. The Labute approximate surface area is 130 Å². The van der Waals surface area contributed by atoms with E-state index in [1.54, 1.807) is 0 Å². The van der Waals surface area contributed by atoms with Crippen LogP contribution in [0, 0.1) is 0 Å². The zero-order valence-electron chi connectivity index (χ0n) is 12.7. The Kier molecular flexibility index (Phi) is 5.31. The monoisotopic (exact) mass is 296 g/mol. The number of hydrogen-bond acceptors (Lipinski definition) is 2. The molecule has 0 aliphatic carbocycles. The molecule has 2 atom stereocenters. The van der Waals surface area contributed by atoms with Crippen LogP contribution < -0.4 is 10.6 Å². The van der Waals surface area contributed by atoms with Crippen molar-refractivity contribution in [3.63, 3.8) is 0 Å². The van der Waals surface area contributed by atoms with Crippen LogP contribution in [0.1, 0.15) is 37.1 Å². The van der Waals surface area contributed by atoms with Gasteiger partial charge >= 0.3 is 0 Å². The molecule has 4 heteroatoms. The zero-order valence-corrected chi connectivity index (χ0v) is 12.7. The van der Waals surface area contributed by atoms with Crippen LogP contribution in [0.4, 0.5) is 0 Å². The highest BCUT2D eigenvalue weighted by Gasteiger charge is 2.26. The highest BCUT2D eigenvalue weighted by molar-refractivity contribution is 5.75. The zero-order chi connectivity index (χ0) is 15.9. The number of benzene rings is 2. The molecule has 2 aromatic carbocycles. The molecule has 114 valence electrons. The fourth-order valence-corrected chi connectivity index (χ4v) is 2.48. The van der Waals surface area contributed by atoms with Gasteiger partial charge in [0.25, 0.3) is 0 Å². The highest BCUT2D eigenvalue weighted by Crippen LogP contribution is 2.28. The molecule has 2 amide bonds. The topological polar surface area (TPSA) is 58.2 Å². The summed E-state index contributed by atoms with van der Waals surface area (Å²) in [4.78, 5) is 23.3. The van der Waals surface area contributed by atoms with Crippen LogP contribution in [0.3, 0.4) is 0 Å². The number of nitrogens with one attached hydrogen (secondary N) is 2. The molecule has 0 saturated heterocycles. The SMILES string of the molecule is CC(=O)N[C@@H](c1ccccc1)[C@@H](NC(C)=O)c1ccccc1. The lowest BCUT2D eigenvalue weighted by Crippen LogP contribution is -2.39. The lowest BCUT2D eigenvalue weighted by Gasteiger charge is -2.29. The first-order valence-electron chi connectivity index (χ1n) is 7.22. The predicted molar refractivity (Wildman–Crippen MR) is 86.0 cm³/mol. The molecule has 2 N–H and O–H groups in total. The average molecular weight is 296 g/mol. The molecule has 2 aromatic rings. The van der Waals surface area contributed by atoms with Crippen molar-refractivity contribution < 1.29 is 9.59 Å². The Morgan fingerprint density at radius 2 is 1.00 bits per heavy atom. The van der Waals surface area contributed by atoms with Crippen LogP contribution in [0.5, 0.6) is 0 Å². The van der Waals surface area contributed by atoms with Crippen molar-refractivity contribution in [2.75, 3.05) is 0 Å². The van der Waals surface area contributed by atoms with Crippen molar-refractivity contribution in [1.82, 2.24) is 10.6 Å². The minimum Gasteiger partial charge on any atom is -0.347 e. The quantitative estimate of drug-likeness (QED) is 0.891. The van der Waals surface area contributed by atoms with Crippen LogP contribution in [0.15, 0.2) is 60.7 Å². The Morgan fingerprint density at radius 1 is 0.682 bits per heavy atom. The van der Waals surface area contributed by atoms with E-state index >= 15 is 0 Å². The predicted octanol–water partition coefficient (Wildman–Crippen LogP) is 2.74. The molecule has 22 heavy (non-hydrogen) atoms. The van der Waals surface area contributed by atoms with Crippen molar-refractivity contribution in [2.24, 2.45) is 0 Å². The summed E-state index contributed by atoms with van der Waals surface area (Å²) in [7, 11) is 0. The third kappa shape index (κ3) is 4.19. The van der Waals surface area contributed by atoms with Crippen LogP contribution in [-0.4, -0.2) is 11.8 Å². The molecule has 0 unspecified atom stereocenters. The second kappa shape index (κ2) is 7.41. The first kappa shape index (κ1) is 15.8. The van der Waals surface area contributed by atoms with Crippen LogP contribution in [0.25, 0.3) is 0 Å². The minimum absolute atomic E-state index is 0.139. The van der Waals surface area contributed by atoms with Crippen molar-refractivity contribution in [3.8, 4) is 0 Å². The summed E-state index contributed by atoms with van der Waals surface area (Å²) in [6.45, 7) is 2.96. The third-order valence-electron chi connectivity index (χ3n) is 3.37. The van der Waals surface area contributed by atoms with Crippen molar-refractivity contribution in [2.45, 2.75) is 25.9 Å². The first-order chi connectivity index (χ1) is 10.6. The van der Waals surface area contributed by atoms with Crippen molar-refractivity contribution in [1.29, 1.82) is 0 Å². The summed E-state index contributed by atoms with van der Waals surface area (Å²) in [6.07, 6.45) is 0. The smallest absolute Gasteiger partial charge is 0.217 e. The third-order valence-corrected chi connectivity index (χ3v) is 3.37. The highest BCUT2D eigenvalue weighted by atomic mass is 16.2. The fraction of sp³-hybridized carbons (Fsp3) is 0.222. The lowest BCUT2D eigenvalue weighted by atomic mass is 9.93. The van der Waals surface area contributed by atoms with E-state index in [0.29, 0.717) is 0 Å². The van der Waals surface area contributed by atoms with E-state index in [2.05, 4.69) is 10.6 Å². The molecule has 4 nitrogen and oxygen atoms in total. The van der Waals surface area contributed by atoms with Crippen LogP contribution in [-0.2, 0) is 9.59 Å². The van der Waals surface area contributed by atoms with E-state index in [-0.39, 0.29) is 23.9 Å². The normalized spacial score (nSPS) is 13.0. The largest absolute Gasteiger partial charge is 0.347 e. The molecule has 0 aliphatic rings. The van der Waals surface area contributed by atoms with Gasteiger partial charge in [0.2, 0.25) is 11.8 Å². The van der Waals surface area contributed by atoms with E-state index in [1.165, 1.54) is 13.8 Å². The summed E-state index contributed by atoms with van der Waals surface area (Å²) in [5.41, 5.74) is 1.89. The second-order valence-corrected chi connectivity index (χ2v) is 5.18. The number of rotatable bonds is 5. The molecule has 0 spiro atoms. The molecule has 0 saturated carbocycles. The molecule has 0 radical (unpaired) electrons. The average Bonchev–Trinajstić information content (AvgIpc) is 2.52. The van der Waals surface area contributed by atoms with Gasteiger partial charge in [-0.1, -0.05) is 60.7 Å². The Balaban J connectivity index is 2.43. The molecular weight excluding hydrogens is 276 g/mol. The summed E-state index contributed by atoms with van der Waals surface area (Å²) in [5, 5.41) is 5.89. The van der Waals surface area contributed by atoms with Crippen molar-refractivity contribution in [3.05, 3.63) is 71.8 Å². The maximum Gasteiger partial charge on any atom is 0.217 e. The summed E-state index contributed by atoms with van der Waals surface area (Å²) >= 11 is 0. The van der Waals surface area contributed by atoms with Gasteiger partial charge in [0, 0.05) is 13.8 Å². The van der Waals surface area contributed by atoms with E-state index in [1.807, 2.05) is 60.7 Å². The molecule has 0 aliphatic heterocycles. The van der Waals surface area contributed by atoms with Gasteiger partial charge in [0.05, 0.1) is 12.1 Å². The summed E-state index contributed by atoms with van der Waals surface area (Å²) in [5.74, 6) is -0.278. The van der Waals surface area contributed by atoms with Gasteiger partial charge in [-0.15, -0.1) is 0 Å². The number of carbonyl (C=O) groups is 2. The van der Waals surface area contributed by atoms with Crippen LogP contribution >= 0.6 is 0 Å². The van der Waals surface area contributed by atoms with E-state index in [9.17, 15) is 9.59 Å². The summed E-state index contributed by atoms with van der Waals surface area (Å²) in [6, 6.07) is 18.6. The van der Waals surface area contributed by atoms with Crippen molar-refractivity contribution >= 4 is 11.8 Å². The Hall–Kier alpha value is -2.62. The van der Waals surface area contributed by atoms with Gasteiger partial charge in [0.15, 0.2) is 0 Å². The van der Waals surface area contributed by atoms with E-state index in [0.717, 1.165) is 11.1 Å².